The van der Waals surface area contributed by atoms with E-state index in [4.69, 9.17) is 0 Å². The number of rotatable bonds is 5. The van der Waals surface area contributed by atoms with Gasteiger partial charge in [0.1, 0.15) is 11.6 Å². The Kier molecular flexibility index (Phi) is 3.99. The number of hydrogen-bond donors (Lipinski definition) is 1. The molecule has 96 valence electrons. The van der Waals surface area contributed by atoms with Crippen molar-refractivity contribution in [3.63, 3.8) is 0 Å². The number of halogens is 2. The van der Waals surface area contributed by atoms with Crippen molar-refractivity contribution in [1.82, 2.24) is 15.5 Å². The maximum Gasteiger partial charge on any atom is 0.213 e. The minimum atomic E-state index is -0.574. The molecule has 1 heterocycles. The van der Waals surface area contributed by atoms with E-state index in [-0.39, 0.29) is 6.04 Å². The Morgan fingerprint density at radius 1 is 1.39 bits per heavy atom. The predicted molar refractivity (Wildman–Crippen MR) is 60.8 cm³/mol. The standard InChI is InChI=1S/C12H13F2N3O/c1-8(10-3-2-9(13)6-11(10)14)15-5-4-12-16-7-18-17-12/h2-3,6-8,15H,4-5H2,1H3. The molecule has 1 N–H and O–H groups in total. The number of nitrogens with zero attached hydrogens (tertiary/aromatic N) is 2. The molecule has 0 saturated heterocycles. The van der Waals surface area contributed by atoms with Crippen LogP contribution in [0.3, 0.4) is 0 Å². The summed E-state index contributed by atoms with van der Waals surface area (Å²) < 4.78 is 30.8. The molecule has 0 aliphatic heterocycles. The summed E-state index contributed by atoms with van der Waals surface area (Å²) in [5.74, 6) is -0.529. The van der Waals surface area contributed by atoms with Gasteiger partial charge in [0.2, 0.25) is 6.39 Å². The second-order valence-electron chi connectivity index (χ2n) is 3.94. The van der Waals surface area contributed by atoms with Crippen LogP contribution in [0.4, 0.5) is 8.78 Å². The Morgan fingerprint density at radius 3 is 2.89 bits per heavy atom. The quantitative estimate of drug-likeness (QED) is 0.887. The summed E-state index contributed by atoms with van der Waals surface area (Å²) in [5.41, 5.74) is 0.435. The van der Waals surface area contributed by atoms with Gasteiger partial charge in [-0.2, -0.15) is 4.98 Å². The molecular formula is C12H13F2N3O. The molecule has 0 spiro atoms. The van der Waals surface area contributed by atoms with E-state index in [2.05, 4.69) is 20.0 Å². The van der Waals surface area contributed by atoms with Gasteiger partial charge in [-0.25, -0.2) is 8.78 Å². The molecule has 0 bridgehead atoms. The van der Waals surface area contributed by atoms with E-state index in [1.807, 2.05) is 6.92 Å². The van der Waals surface area contributed by atoms with Crippen LogP contribution in [0.15, 0.2) is 29.1 Å². The lowest BCUT2D eigenvalue weighted by atomic mass is 10.1. The van der Waals surface area contributed by atoms with Crippen LogP contribution in [0.1, 0.15) is 24.4 Å². The van der Waals surface area contributed by atoms with Crippen LogP contribution in [0, 0.1) is 11.6 Å². The van der Waals surface area contributed by atoms with Crippen LogP contribution in [0.5, 0.6) is 0 Å². The molecule has 1 atom stereocenters. The third-order valence-electron chi connectivity index (χ3n) is 2.64. The van der Waals surface area contributed by atoms with Gasteiger partial charge in [-0.15, -0.1) is 0 Å². The fraction of sp³-hybridized carbons (Fsp3) is 0.333. The molecule has 18 heavy (non-hydrogen) atoms. The monoisotopic (exact) mass is 253 g/mol. The van der Waals surface area contributed by atoms with E-state index in [1.165, 1.54) is 18.5 Å². The summed E-state index contributed by atoms with van der Waals surface area (Å²) in [4.78, 5) is 3.87. The number of benzene rings is 1. The maximum absolute atomic E-state index is 13.5. The highest BCUT2D eigenvalue weighted by Crippen LogP contribution is 2.17. The number of nitrogens with one attached hydrogen (secondary N) is 1. The van der Waals surface area contributed by atoms with E-state index >= 15 is 0 Å². The first-order chi connectivity index (χ1) is 8.66. The molecule has 0 aliphatic rings. The molecule has 0 radical (unpaired) electrons. The second kappa shape index (κ2) is 5.68. The topological polar surface area (TPSA) is 51.0 Å². The van der Waals surface area contributed by atoms with Gasteiger partial charge < -0.3 is 9.84 Å². The van der Waals surface area contributed by atoms with Crippen molar-refractivity contribution in [3.05, 3.63) is 47.6 Å². The number of hydrogen-bond acceptors (Lipinski definition) is 4. The zero-order chi connectivity index (χ0) is 13.0. The minimum absolute atomic E-state index is 0.211. The van der Waals surface area contributed by atoms with E-state index in [9.17, 15) is 8.78 Å². The molecule has 0 amide bonds. The molecule has 1 unspecified atom stereocenters. The Balaban J connectivity index is 1.89. The van der Waals surface area contributed by atoms with Crippen molar-refractivity contribution in [2.75, 3.05) is 6.54 Å². The Labute approximate surface area is 103 Å². The average Bonchev–Trinajstić information content (AvgIpc) is 2.81. The average molecular weight is 253 g/mol. The third-order valence-corrected chi connectivity index (χ3v) is 2.64. The first kappa shape index (κ1) is 12.6. The SMILES string of the molecule is CC(NCCc1ncon1)c1ccc(F)cc1F. The lowest BCUT2D eigenvalue weighted by molar-refractivity contribution is 0.408. The van der Waals surface area contributed by atoms with Gasteiger partial charge in [0.15, 0.2) is 5.82 Å². The molecule has 0 aliphatic carbocycles. The maximum atomic E-state index is 13.5. The van der Waals surface area contributed by atoms with Crippen molar-refractivity contribution >= 4 is 0 Å². The Bertz CT molecular complexity index is 502. The van der Waals surface area contributed by atoms with Gasteiger partial charge in [-0.1, -0.05) is 11.2 Å². The summed E-state index contributed by atoms with van der Waals surface area (Å²) in [6.07, 6.45) is 1.85. The largest absolute Gasteiger partial charge is 0.343 e. The third kappa shape index (κ3) is 3.10. The van der Waals surface area contributed by atoms with Crippen molar-refractivity contribution in [2.45, 2.75) is 19.4 Å². The Hall–Kier alpha value is -1.82. The highest BCUT2D eigenvalue weighted by Gasteiger charge is 2.11. The predicted octanol–water partition coefficient (Wildman–Crippen LogP) is 2.24. The molecular weight excluding hydrogens is 240 g/mol. The van der Waals surface area contributed by atoms with E-state index in [0.717, 1.165) is 6.07 Å². The molecule has 4 nitrogen and oxygen atoms in total. The van der Waals surface area contributed by atoms with Gasteiger partial charge in [0.05, 0.1) is 0 Å². The van der Waals surface area contributed by atoms with Crippen molar-refractivity contribution in [3.8, 4) is 0 Å². The van der Waals surface area contributed by atoms with Crippen LogP contribution in [-0.4, -0.2) is 16.7 Å². The van der Waals surface area contributed by atoms with E-state index in [0.29, 0.717) is 24.4 Å². The van der Waals surface area contributed by atoms with E-state index < -0.39 is 11.6 Å². The highest BCUT2D eigenvalue weighted by molar-refractivity contribution is 5.21. The summed E-state index contributed by atoms with van der Waals surface area (Å²) in [7, 11) is 0. The summed E-state index contributed by atoms with van der Waals surface area (Å²) in [6, 6.07) is 3.36. The van der Waals surface area contributed by atoms with E-state index in [1.54, 1.807) is 0 Å². The van der Waals surface area contributed by atoms with Crippen LogP contribution in [0.25, 0.3) is 0 Å². The molecule has 6 heteroatoms. The lowest BCUT2D eigenvalue weighted by Gasteiger charge is -2.14. The van der Waals surface area contributed by atoms with Gasteiger partial charge in [-0.05, 0) is 13.0 Å². The minimum Gasteiger partial charge on any atom is -0.343 e. The van der Waals surface area contributed by atoms with Gasteiger partial charge in [-0.3, -0.25) is 0 Å². The summed E-state index contributed by atoms with van der Waals surface area (Å²) in [5, 5.41) is 6.78. The smallest absolute Gasteiger partial charge is 0.213 e. The van der Waals surface area contributed by atoms with Crippen LogP contribution in [-0.2, 0) is 6.42 Å². The van der Waals surface area contributed by atoms with Gasteiger partial charge in [0.25, 0.3) is 0 Å². The van der Waals surface area contributed by atoms with Crippen molar-refractivity contribution < 1.29 is 13.3 Å². The van der Waals surface area contributed by atoms with Crippen molar-refractivity contribution in [2.24, 2.45) is 0 Å². The second-order valence-corrected chi connectivity index (χ2v) is 3.94. The van der Waals surface area contributed by atoms with Gasteiger partial charge >= 0.3 is 0 Å². The first-order valence-corrected chi connectivity index (χ1v) is 5.60. The summed E-state index contributed by atoms with van der Waals surface area (Å²) in [6.45, 7) is 2.39. The van der Waals surface area contributed by atoms with Crippen LogP contribution >= 0.6 is 0 Å². The molecule has 2 aromatic rings. The number of aromatic nitrogens is 2. The molecule has 1 aromatic heterocycles. The van der Waals surface area contributed by atoms with Crippen LogP contribution in [0.2, 0.25) is 0 Å². The summed E-state index contributed by atoms with van der Waals surface area (Å²) >= 11 is 0. The first-order valence-electron chi connectivity index (χ1n) is 5.60. The van der Waals surface area contributed by atoms with Gasteiger partial charge in [0, 0.05) is 30.6 Å². The Morgan fingerprint density at radius 2 is 2.22 bits per heavy atom. The fourth-order valence-corrected chi connectivity index (χ4v) is 1.67. The van der Waals surface area contributed by atoms with Crippen LogP contribution < -0.4 is 5.32 Å². The normalized spacial score (nSPS) is 12.6. The molecule has 2 rings (SSSR count). The zero-order valence-corrected chi connectivity index (χ0v) is 9.86. The molecule has 0 saturated carbocycles. The molecule has 1 aromatic carbocycles. The fourth-order valence-electron chi connectivity index (χ4n) is 1.67. The highest BCUT2D eigenvalue weighted by atomic mass is 19.1. The van der Waals surface area contributed by atoms with Crippen molar-refractivity contribution in [1.29, 1.82) is 0 Å². The zero-order valence-electron chi connectivity index (χ0n) is 9.86. The lowest BCUT2D eigenvalue weighted by Crippen LogP contribution is -2.22. The molecule has 0 fully saturated rings.